The molecule has 1 fully saturated rings. The van der Waals surface area contributed by atoms with E-state index in [1.807, 2.05) is 0 Å². The van der Waals surface area contributed by atoms with Crippen molar-refractivity contribution in [3.8, 4) is 11.5 Å². The minimum Gasteiger partial charge on any atom is -0.493 e. The fourth-order valence-electron chi connectivity index (χ4n) is 1.62. The van der Waals surface area contributed by atoms with Crippen LogP contribution in [0.25, 0.3) is 0 Å². The number of rotatable bonds is 5. The molecule has 0 heterocycles. The highest BCUT2D eigenvalue weighted by molar-refractivity contribution is 6.32. The maximum absolute atomic E-state index is 11.4. The number of carbonyl (C=O) groups is 1. The minimum atomic E-state index is -0.0391. The Morgan fingerprint density at radius 2 is 2.16 bits per heavy atom. The molecule has 102 valence electrons. The first kappa shape index (κ1) is 13.7. The zero-order valence-electron chi connectivity index (χ0n) is 10.8. The van der Waals surface area contributed by atoms with Gasteiger partial charge in [-0.1, -0.05) is 11.6 Å². The van der Waals surface area contributed by atoms with Gasteiger partial charge in [-0.05, 0) is 30.5 Å². The van der Waals surface area contributed by atoms with Gasteiger partial charge in [0.05, 0.1) is 25.5 Å². The van der Waals surface area contributed by atoms with Crippen LogP contribution in [0.5, 0.6) is 11.5 Å². The van der Waals surface area contributed by atoms with Crippen LogP contribution < -0.4 is 14.9 Å². The summed E-state index contributed by atoms with van der Waals surface area (Å²) in [7, 11) is 3.05. The molecule has 0 radical (unpaired) electrons. The van der Waals surface area contributed by atoms with Crippen LogP contribution in [-0.4, -0.2) is 26.3 Å². The number of hydrogen-bond donors (Lipinski definition) is 1. The van der Waals surface area contributed by atoms with Gasteiger partial charge in [0.25, 0.3) is 0 Å². The lowest BCUT2D eigenvalue weighted by molar-refractivity contribution is -0.122. The Hall–Kier alpha value is -1.75. The molecule has 0 spiro atoms. The maximum atomic E-state index is 11.4. The molecule has 0 saturated heterocycles. The highest BCUT2D eigenvalue weighted by atomic mass is 35.5. The molecule has 1 aromatic rings. The molecular weight excluding hydrogens is 268 g/mol. The summed E-state index contributed by atoms with van der Waals surface area (Å²) >= 11 is 6.06. The van der Waals surface area contributed by atoms with Crippen molar-refractivity contribution in [2.24, 2.45) is 11.0 Å². The normalized spacial score (nSPS) is 14.5. The third kappa shape index (κ3) is 3.38. The standard InChI is InChI=1S/C13H15ClN2O3/c1-18-11-6-8(5-10(14)12(11)19-2)7-15-16-13(17)9-3-4-9/h5-7,9H,3-4H2,1-2H3,(H,16,17)/b15-7-. The van der Waals surface area contributed by atoms with E-state index in [1.54, 1.807) is 12.1 Å². The number of halogens is 1. The quantitative estimate of drug-likeness (QED) is 0.665. The molecule has 0 bridgehead atoms. The summed E-state index contributed by atoms with van der Waals surface area (Å²) in [6, 6.07) is 3.42. The van der Waals surface area contributed by atoms with Crippen LogP contribution in [0.1, 0.15) is 18.4 Å². The Labute approximate surface area is 116 Å². The lowest BCUT2D eigenvalue weighted by atomic mass is 10.2. The molecular formula is C13H15ClN2O3. The highest BCUT2D eigenvalue weighted by Crippen LogP contribution is 2.35. The Morgan fingerprint density at radius 1 is 1.42 bits per heavy atom. The van der Waals surface area contributed by atoms with Crippen molar-refractivity contribution < 1.29 is 14.3 Å². The topological polar surface area (TPSA) is 59.9 Å². The maximum Gasteiger partial charge on any atom is 0.243 e. The van der Waals surface area contributed by atoms with Gasteiger partial charge in [0.2, 0.25) is 5.91 Å². The van der Waals surface area contributed by atoms with E-state index in [4.69, 9.17) is 21.1 Å². The zero-order chi connectivity index (χ0) is 13.8. The van der Waals surface area contributed by atoms with E-state index >= 15 is 0 Å². The fourth-order valence-corrected chi connectivity index (χ4v) is 1.92. The Bertz CT molecular complexity index is 513. The van der Waals surface area contributed by atoms with Gasteiger partial charge in [-0.3, -0.25) is 4.79 Å². The zero-order valence-corrected chi connectivity index (χ0v) is 11.5. The monoisotopic (exact) mass is 282 g/mol. The lowest BCUT2D eigenvalue weighted by Gasteiger charge is -2.09. The number of nitrogens with zero attached hydrogens (tertiary/aromatic N) is 1. The van der Waals surface area contributed by atoms with Crippen LogP contribution in [0.3, 0.4) is 0 Å². The van der Waals surface area contributed by atoms with Gasteiger partial charge in [0, 0.05) is 5.92 Å². The van der Waals surface area contributed by atoms with Gasteiger partial charge in [0.1, 0.15) is 0 Å². The highest BCUT2D eigenvalue weighted by Gasteiger charge is 2.29. The van der Waals surface area contributed by atoms with Crippen molar-refractivity contribution in [3.63, 3.8) is 0 Å². The molecule has 2 rings (SSSR count). The summed E-state index contributed by atoms with van der Waals surface area (Å²) in [5, 5.41) is 4.32. The molecule has 1 aromatic carbocycles. The third-order valence-corrected chi connectivity index (χ3v) is 3.07. The Kier molecular flexibility index (Phi) is 4.27. The van der Waals surface area contributed by atoms with Crippen LogP contribution >= 0.6 is 11.6 Å². The molecule has 1 aliphatic carbocycles. The van der Waals surface area contributed by atoms with Gasteiger partial charge in [-0.15, -0.1) is 0 Å². The largest absolute Gasteiger partial charge is 0.493 e. The van der Waals surface area contributed by atoms with E-state index in [0.717, 1.165) is 18.4 Å². The summed E-state index contributed by atoms with van der Waals surface area (Å²) in [5.41, 5.74) is 3.22. The summed E-state index contributed by atoms with van der Waals surface area (Å²) < 4.78 is 10.3. The van der Waals surface area contributed by atoms with E-state index < -0.39 is 0 Å². The van der Waals surface area contributed by atoms with Crippen molar-refractivity contribution in [3.05, 3.63) is 22.7 Å². The number of nitrogens with one attached hydrogen (secondary N) is 1. The van der Waals surface area contributed by atoms with Crippen molar-refractivity contribution in [1.82, 2.24) is 5.43 Å². The molecule has 0 aromatic heterocycles. The predicted molar refractivity (Wildman–Crippen MR) is 73.0 cm³/mol. The van der Waals surface area contributed by atoms with Crippen LogP contribution in [0.2, 0.25) is 5.02 Å². The number of methoxy groups -OCH3 is 2. The smallest absolute Gasteiger partial charge is 0.243 e. The molecule has 1 aliphatic rings. The molecule has 19 heavy (non-hydrogen) atoms. The average Bonchev–Trinajstić information content (AvgIpc) is 3.22. The lowest BCUT2D eigenvalue weighted by Crippen LogP contribution is -2.18. The van der Waals surface area contributed by atoms with Gasteiger partial charge in [0.15, 0.2) is 11.5 Å². The predicted octanol–water partition coefficient (Wildman–Crippen LogP) is 2.22. The van der Waals surface area contributed by atoms with Gasteiger partial charge < -0.3 is 9.47 Å². The first-order chi connectivity index (χ1) is 9.15. The Morgan fingerprint density at radius 3 is 2.74 bits per heavy atom. The van der Waals surface area contributed by atoms with E-state index in [9.17, 15) is 4.79 Å². The number of amides is 1. The number of hydrazone groups is 1. The molecule has 0 atom stereocenters. The van der Waals surface area contributed by atoms with Gasteiger partial charge in [-0.25, -0.2) is 5.43 Å². The molecule has 0 aliphatic heterocycles. The molecule has 6 heteroatoms. The number of hydrogen-bond acceptors (Lipinski definition) is 4. The van der Waals surface area contributed by atoms with Crippen LogP contribution in [0, 0.1) is 5.92 Å². The summed E-state index contributed by atoms with van der Waals surface area (Å²) in [4.78, 5) is 11.4. The fraction of sp³-hybridized carbons (Fsp3) is 0.385. The van der Waals surface area contributed by atoms with E-state index in [2.05, 4.69) is 10.5 Å². The van der Waals surface area contributed by atoms with Crippen LogP contribution in [-0.2, 0) is 4.79 Å². The van der Waals surface area contributed by atoms with Crippen molar-refractivity contribution >= 4 is 23.7 Å². The first-order valence-electron chi connectivity index (χ1n) is 5.90. The van der Waals surface area contributed by atoms with E-state index in [-0.39, 0.29) is 11.8 Å². The van der Waals surface area contributed by atoms with Crippen LogP contribution in [0.4, 0.5) is 0 Å². The van der Waals surface area contributed by atoms with E-state index in [0.29, 0.717) is 16.5 Å². The summed E-state index contributed by atoms with van der Waals surface area (Å²) in [5.74, 6) is 1.09. The number of benzene rings is 1. The second-order valence-electron chi connectivity index (χ2n) is 4.25. The minimum absolute atomic E-state index is 0.0391. The molecule has 1 amide bonds. The molecule has 1 N–H and O–H groups in total. The Balaban J connectivity index is 2.09. The van der Waals surface area contributed by atoms with E-state index in [1.165, 1.54) is 20.4 Å². The number of ether oxygens (including phenoxy) is 2. The second kappa shape index (κ2) is 5.93. The first-order valence-corrected chi connectivity index (χ1v) is 6.28. The second-order valence-corrected chi connectivity index (χ2v) is 4.65. The molecule has 0 unspecified atom stereocenters. The van der Waals surface area contributed by atoms with Crippen LogP contribution in [0.15, 0.2) is 17.2 Å². The van der Waals surface area contributed by atoms with Gasteiger partial charge >= 0.3 is 0 Å². The molecule has 5 nitrogen and oxygen atoms in total. The SMILES string of the molecule is COc1cc(/C=N\NC(=O)C2CC2)cc(Cl)c1OC. The van der Waals surface area contributed by atoms with Crippen molar-refractivity contribution in [1.29, 1.82) is 0 Å². The third-order valence-electron chi connectivity index (χ3n) is 2.79. The average molecular weight is 283 g/mol. The summed E-state index contributed by atoms with van der Waals surface area (Å²) in [6.07, 6.45) is 3.42. The van der Waals surface area contributed by atoms with Crippen molar-refractivity contribution in [2.45, 2.75) is 12.8 Å². The number of carbonyl (C=O) groups excluding carboxylic acids is 1. The summed E-state index contributed by atoms with van der Waals surface area (Å²) in [6.45, 7) is 0. The van der Waals surface area contributed by atoms with Crippen molar-refractivity contribution in [2.75, 3.05) is 14.2 Å². The van der Waals surface area contributed by atoms with Gasteiger partial charge in [-0.2, -0.15) is 5.10 Å². The molecule has 1 saturated carbocycles.